The molecule has 3 nitrogen and oxygen atoms in total. The SMILES string of the molecule is NC(=O)CC(=O)C1=CCC=CC1. The summed E-state index contributed by atoms with van der Waals surface area (Å²) in [5, 5.41) is 0. The maximum Gasteiger partial charge on any atom is 0.225 e. The molecule has 0 saturated heterocycles. The lowest BCUT2D eigenvalue weighted by Crippen LogP contribution is -2.17. The normalized spacial score (nSPS) is 15.5. The molecule has 0 spiro atoms. The van der Waals surface area contributed by atoms with Crippen LogP contribution in [-0.4, -0.2) is 11.7 Å². The van der Waals surface area contributed by atoms with Crippen molar-refractivity contribution in [2.45, 2.75) is 19.3 Å². The smallest absolute Gasteiger partial charge is 0.225 e. The van der Waals surface area contributed by atoms with E-state index in [4.69, 9.17) is 5.73 Å². The standard InChI is InChI=1S/C9H11NO2/c10-9(12)6-8(11)7-4-2-1-3-5-7/h1-2,5H,3-4,6H2,(H2,10,12). The summed E-state index contributed by atoms with van der Waals surface area (Å²) in [6.07, 6.45) is 6.99. The minimum atomic E-state index is -0.560. The second kappa shape index (κ2) is 3.85. The largest absolute Gasteiger partial charge is 0.369 e. The Morgan fingerprint density at radius 1 is 1.42 bits per heavy atom. The number of carbonyl (C=O) groups is 2. The van der Waals surface area contributed by atoms with Crippen LogP contribution >= 0.6 is 0 Å². The zero-order chi connectivity index (χ0) is 8.97. The molecule has 1 aliphatic rings. The van der Waals surface area contributed by atoms with Gasteiger partial charge in [0.05, 0.1) is 6.42 Å². The van der Waals surface area contributed by atoms with Crippen LogP contribution in [0.15, 0.2) is 23.8 Å². The Kier molecular flexibility index (Phi) is 2.80. The van der Waals surface area contributed by atoms with Gasteiger partial charge in [-0.05, 0) is 18.4 Å². The van der Waals surface area contributed by atoms with E-state index in [1.165, 1.54) is 0 Å². The molecule has 0 fully saturated rings. The molecule has 0 heterocycles. The summed E-state index contributed by atoms with van der Waals surface area (Å²) in [6, 6.07) is 0. The predicted molar refractivity (Wildman–Crippen MR) is 45.3 cm³/mol. The highest BCUT2D eigenvalue weighted by molar-refractivity contribution is 6.06. The average Bonchev–Trinajstić information content (AvgIpc) is 2.05. The summed E-state index contributed by atoms with van der Waals surface area (Å²) in [6.45, 7) is 0. The van der Waals surface area contributed by atoms with Gasteiger partial charge in [-0.2, -0.15) is 0 Å². The van der Waals surface area contributed by atoms with Crippen molar-refractivity contribution in [3.05, 3.63) is 23.8 Å². The Labute approximate surface area is 70.9 Å². The second-order valence-corrected chi connectivity index (χ2v) is 2.71. The zero-order valence-electron chi connectivity index (χ0n) is 6.75. The van der Waals surface area contributed by atoms with Crippen LogP contribution in [-0.2, 0) is 9.59 Å². The summed E-state index contributed by atoms with van der Waals surface area (Å²) in [5.41, 5.74) is 5.60. The first-order chi connectivity index (χ1) is 5.70. The Bertz CT molecular complexity index is 264. The van der Waals surface area contributed by atoms with E-state index >= 15 is 0 Å². The van der Waals surface area contributed by atoms with Crippen molar-refractivity contribution < 1.29 is 9.59 Å². The Hall–Kier alpha value is -1.38. The van der Waals surface area contributed by atoms with E-state index in [0.717, 1.165) is 6.42 Å². The summed E-state index contributed by atoms with van der Waals surface area (Å²) in [4.78, 5) is 21.6. The third kappa shape index (κ3) is 2.34. The van der Waals surface area contributed by atoms with Gasteiger partial charge in [0, 0.05) is 0 Å². The summed E-state index contributed by atoms with van der Waals surface area (Å²) in [7, 11) is 0. The summed E-state index contributed by atoms with van der Waals surface area (Å²) in [5.74, 6) is -0.706. The minimum Gasteiger partial charge on any atom is -0.369 e. The number of ketones is 1. The molecule has 0 saturated carbocycles. The van der Waals surface area contributed by atoms with Gasteiger partial charge in [-0.1, -0.05) is 18.2 Å². The number of hydrogen-bond donors (Lipinski definition) is 1. The van der Waals surface area contributed by atoms with Crippen LogP contribution in [0.4, 0.5) is 0 Å². The van der Waals surface area contributed by atoms with Crippen LogP contribution in [0.5, 0.6) is 0 Å². The highest BCUT2D eigenvalue weighted by Crippen LogP contribution is 2.12. The number of hydrogen-bond acceptors (Lipinski definition) is 2. The van der Waals surface area contributed by atoms with E-state index in [9.17, 15) is 9.59 Å². The van der Waals surface area contributed by atoms with Gasteiger partial charge in [-0.3, -0.25) is 9.59 Å². The lowest BCUT2D eigenvalue weighted by molar-refractivity contribution is -0.124. The molecular formula is C9H11NO2. The van der Waals surface area contributed by atoms with Crippen molar-refractivity contribution in [1.82, 2.24) is 0 Å². The molecule has 2 N–H and O–H groups in total. The number of amides is 1. The van der Waals surface area contributed by atoms with E-state index in [-0.39, 0.29) is 12.2 Å². The molecule has 0 radical (unpaired) electrons. The lowest BCUT2D eigenvalue weighted by atomic mass is 10.00. The van der Waals surface area contributed by atoms with Crippen LogP contribution in [0, 0.1) is 0 Å². The van der Waals surface area contributed by atoms with Gasteiger partial charge >= 0.3 is 0 Å². The first-order valence-electron chi connectivity index (χ1n) is 3.85. The van der Waals surface area contributed by atoms with Crippen molar-refractivity contribution in [3.63, 3.8) is 0 Å². The molecular weight excluding hydrogens is 154 g/mol. The molecule has 0 aromatic rings. The van der Waals surface area contributed by atoms with Gasteiger partial charge in [-0.25, -0.2) is 0 Å². The van der Waals surface area contributed by atoms with Gasteiger partial charge in [0.25, 0.3) is 0 Å². The number of nitrogens with two attached hydrogens (primary N) is 1. The fourth-order valence-corrected chi connectivity index (χ4v) is 1.10. The molecule has 0 atom stereocenters. The number of rotatable bonds is 3. The van der Waals surface area contributed by atoms with Crippen molar-refractivity contribution >= 4 is 11.7 Å². The third-order valence-electron chi connectivity index (χ3n) is 1.70. The third-order valence-corrected chi connectivity index (χ3v) is 1.70. The number of Topliss-reactive ketones (excluding diaryl/α,β-unsaturated/α-hetero) is 1. The predicted octanol–water partition coefficient (Wildman–Crippen LogP) is 0.707. The molecule has 3 heteroatoms. The van der Waals surface area contributed by atoms with E-state index in [0.29, 0.717) is 12.0 Å². The molecule has 12 heavy (non-hydrogen) atoms. The molecule has 0 aliphatic heterocycles. The summed E-state index contributed by atoms with van der Waals surface area (Å²) >= 11 is 0. The molecule has 1 aliphatic carbocycles. The molecule has 0 aromatic carbocycles. The first kappa shape index (κ1) is 8.71. The average molecular weight is 165 g/mol. The molecule has 0 bridgehead atoms. The number of allylic oxidation sites excluding steroid dienone is 4. The Morgan fingerprint density at radius 3 is 2.67 bits per heavy atom. The first-order valence-corrected chi connectivity index (χ1v) is 3.85. The van der Waals surface area contributed by atoms with Gasteiger partial charge in [0.1, 0.15) is 0 Å². The fraction of sp³-hybridized carbons (Fsp3) is 0.333. The topological polar surface area (TPSA) is 60.2 Å². The fourth-order valence-electron chi connectivity index (χ4n) is 1.10. The van der Waals surface area contributed by atoms with Crippen LogP contribution in [0.2, 0.25) is 0 Å². The number of primary amides is 1. The monoisotopic (exact) mass is 165 g/mol. The van der Waals surface area contributed by atoms with Crippen molar-refractivity contribution in [2.24, 2.45) is 5.73 Å². The van der Waals surface area contributed by atoms with Gasteiger partial charge in [0.2, 0.25) is 5.91 Å². The maximum atomic E-state index is 11.2. The lowest BCUT2D eigenvalue weighted by Gasteiger charge is -2.04. The zero-order valence-corrected chi connectivity index (χ0v) is 6.75. The van der Waals surface area contributed by atoms with Gasteiger partial charge in [-0.15, -0.1) is 0 Å². The van der Waals surface area contributed by atoms with E-state index in [2.05, 4.69) is 0 Å². The van der Waals surface area contributed by atoms with Gasteiger partial charge < -0.3 is 5.73 Å². The van der Waals surface area contributed by atoms with Crippen LogP contribution in [0.25, 0.3) is 0 Å². The second-order valence-electron chi connectivity index (χ2n) is 2.71. The maximum absolute atomic E-state index is 11.2. The quantitative estimate of drug-likeness (QED) is 0.494. The highest BCUT2D eigenvalue weighted by Gasteiger charge is 2.11. The van der Waals surface area contributed by atoms with E-state index < -0.39 is 5.91 Å². The number of carbonyl (C=O) groups excluding carboxylic acids is 2. The Balaban J connectivity index is 2.52. The van der Waals surface area contributed by atoms with Crippen molar-refractivity contribution in [1.29, 1.82) is 0 Å². The van der Waals surface area contributed by atoms with Crippen molar-refractivity contribution in [3.8, 4) is 0 Å². The molecule has 1 amide bonds. The highest BCUT2D eigenvalue weighted by atomic mass is 16.2. The van der Waals surface area contributed by atoms with Crippen LogP contribution < -0.4 is 5.73 Å². The molecule has 64 valence electrons. The molecule has 0 aromatic heterocycles. The van der Waals surface area contributed by atoms with Crippen LogP contribution in [0.3, 0.4) is 0 Å². The van der Waals surface area contributed by atoms with E-state index in [1.54, 1.807) is 0 Å². The van der Waals surface area contributed by atoms with Gasteiger partial charge in [0.15, 0.2) is 5.78 Å². The van der Waals surface area contributed by atoms with E-state index in [1.807, 2.05) is 18.2 Å². The minimum absolute atomic E-state index is 0.146. The molecule has 1 rings (SSSR count). The van der Waals surface area contributed by atoms with Crippen LogP contribution in [0.1, 0.15) is 19.3 Å². The summed E-state index contributed by atoms with van der Waals surface area (Å²) < 4.78 is 0. The van der Waals surface area contributed by atoms with Crippen molar-refractivity contribution in [2.75, 3.05) is 0 Å². The Morgan fingerprint density at radius 2 is 2.17 bits per heavy atom. The molecule has 0 unspecified atom stereocenters.